The van der Waals surface area contributed by atoms with Gasteiger partial charge >= 0.3 is 0 Å². The van der Waals surface area contributed by atoms with Crippen LogP contribution in [0.25, 0.3) is 11.5 Å². The van der Waals surface area contributed by atoms with Gasteiger partial charge in [-0.25, -0.2) is 9.67 Å². The van der Waals surface area contributed by atoms with Crippen LogP contribution in [0.1, 0.15) is 24.1 Å². The van der Waals surface area contributed by atoms with E-state index in [0.717, 1.165) is 35.9 Å². The maximum absolute atomic E-state index is 5.65. The fraction of sp³-hybridized carbons (Fsp3) is 0.412. The normalized spacial score (nSPS) is 17.2. The number of oxazole rings is 1. The standard InChI is InChI=1S/C17H19N5O2S/c1-12-4-6-13(7-5-12)16-18-14(10-24-16)11-25-17-19-20-21-22(17)9-15-3-2-8-23-15/h4-7,10,15H,2-3,8-9,11H2,1H3. The number of benzene rings is 1. The summed E-state index contributed by atoms with van der Waals surface area (Å²) in [4.78, 5) is 4.55. The van der Waals surface area contributed by atoms with Crippen LogP contribution in [-0.4, -0.2) is 37.9 Å². The van der Waals surface area contributed by atoms with Crippen LogP contribution in [-0.2, 0) is 17.0 Å². The average Bonchev–Trinajstić information content (AvgIpc) is 3.36. The zero-order valence-electron chi connectivity index (χ0n) is 14.0. The number of rotatable bonds is 6. The third kappa shape index (κ3) is 3.91. The van der Waals surface area contributed by atoms with Gasteiger partial charge in [-0.1, -0.05) is 29.5 Å². The van der Waals surface area contributed by atoms with E-state index in [1.54, 1.807) is 18.0 Å². The fourth-order valence-electron chi connectivity index (χ4n) is 2.74. The van der Waals surface area contributed by atoms with Gasteiger partial charge in [0.15, 0.2) is 0 Å². The van der Waals surface area contributed by atoms with Crippen LogP contribution < -0.4 is 0 Å². The quantitative estimate of drug-likeness (QED) is 0.627. The summed E-state index contributed by atoms with van der Waals surface area (Å²) in [7, 11) is 0. The lowest BCUT2D eigenvalue weighted by atomic mass is 10.1. The molecule has 0 radical (unpaired) electrons. The summed E-state index contributed by atoms with van der Waals surface area (Å²) < 4.78 is 13.1. The van der Waals surface area contributed by atoms with E-state index in [-0.39, 0.29) is 6.10 Å². The van der Waals surface area contributed by atoms with Crippen LogP contribution in [0.4, 0.5) is 0 Å². The number of nitrogens with zero attached hydrogens (tertiary/aromatic N) is 5. The number of tetrazole rings is 1. The van der Waals surface area contributed by atoms with Crippen molar-refractivity contribution in [3.05, 3.63) is 41.8 Å². The highest BCUT2D eigenvalue weighted by atomic mass is 32.2. The molecule has 4 rings (SSSR count). The first kappa shape index (κ1) is 16.3. The molecule has 130 valence electrons. The first-order valence-electron chi connectivity index (χ1n) is 8.30. The van der Waals surface area contributed by atoms with E-state index in [1.165, 1.54) is 5.56 Å². The van der Waals surface area contributed by atoms with Crippen LogP contribution >= 0.6 is 11.8 Å². The molecule has 3 aromatic rings. The summed E-state index contributed by atoms with van der Waals surface area (Å²) in [5.74, 6) is 1.29. The number of aromatic nitrogens is 5. The molecule has 1 atom stereocenters. The predicted molar refractivity (Wildman–Crippen MR) is 93.0 cm³/mol. The molecule has 25 heavy (non-hydrogen) atoms. The van der Waals surface area contributed by atoms with E-state index in [2.05, 4.69) is 27.4 Å². The Morgan fingerprint density at radius 2 is 2.16 bits per heavy atom. The zero-order chi connectivity index (χ0) is 17.1. The van der Waals surface area contributed by atoms with Gasteiger partial charge in [0.05, 0.1) is 18.3 Å². The average molecular weight is 357 g/mol. The zero-order valence-corrected chi connectivity index (χ0v) is 14.8. The van der Waals surface area contributed by atoms with Crippen molar-refractivity contribution in [1.82, 2.24) is 25.2 Å². The number of thioether (sulfide) groups is 1. The van der Waals surface area contributed by atoms with Crippen molar-refractivity contribution in [2.45, 2.75) is 43.3 Å². The minimum absolute atomic E-state index is 0.211. The SMILES string of the molecule is Cc1ccc(-c2nc(CSc3nnnn3CC3CCCO3)co2)cc1. The highest BCUT2D eigenvalue weighted by molar-refractivity contribution is 7.98. The van der Waals surface area contributed by atoms with Crippen molar-refractivity contribution in [1.29, 1.82) is 0 Å². The van der Waals surface area contributed by atoms with Crippen LogP contribution in [0.2, 0.25) is 0 Å². The van der Waals surface area contributed by atoms with Gasteiger partial charge in [0.1, 0.15) is 6.26 Å². The Balaban J connectivity index is 1.39. The Labute approximate surface area is 149 Å². The lowest BCUT2D eigenvalue weighted by Crippen LogP contribution is -2.16. The highest BCUT2D eigenvalue weighted by Gasteiger charge is 2.19. The molecule has 0 bridgehead atoms. The second-order valence-electron chi connectivity index (χ2n) is 6.08. The van der Waals surface area contributed by atoms with Crippen LogP contribution in [0, 0.1) is 6.92 Å². The molecule has 1 aliphatic heterocycles. The lowest BCUT2D eigenvalue weighted by molar-refractivity contribution is 0.0912. The molecule has 1 aliphatic rings. The van der Waals surface area contributed by atoms with Gasteiger partial charge < -0.3 is 9.15 Å². The molecule has 2 aromatic heterocycles. The molecule has 7 nitrogen and oxygen atoms in total. The van der Waals surface area contributed by atoms with Crippen LogP contribution in [0.5, 0.6) is 0 Å². The molecular weight excluding hydrogens is 338 g/mol. The second-order valence-corrected chi connectivity index (χ2v) is 7.02. The summed E-state index contributed by atoms with van der Waals surface area (Å²) in [6.07, 6.45) is 4.07. The minimum Gasteiger partial charge on any atom is -0.444 e. The Hall–Kier alpha value is -2.19. The fourth-order valence-corrected chi connectivity index (χ4v) is 3.50. The van der Waals surface area contributed by atoms with E-state index < -0.39 is 0 Å². The number of aryl methyl sites for hydroxylation is 1. The van der Waals surface area contributed by atoms with Crippen molar-refractivity contribution in [2.24, 2.45) is 0 Å². The second kappa shape index (κ2) is 7.37. The largest absolute Gasteiger partial charge is 0.444 e. The monoisotopic (exact) mass is 357 g/mol. The molecule has 1 saturated heterocycles. The smallest absolute Gasteiger partial charge is 0.226 e. The Bertz CT molecular complexity index is 824. The van der Waals surface area contributed by atoms with Crippen molar-refractivity contribution in [3.8, 4) is 11.5 Å². The van der Waals surface area contributed by atoms with Crippen LogP contribution in [0.3, 0.4) is 0 Å². The van der Waals surface area contributed by atoms with E-state index in [1.807, 2.05) is 28.9 Å². The lowest BCUT2D eigenvalue weighted by Gasteiger charge is -2.09. The summed E-state index contributed by atoms with van der Waals surface area (Å²) >= 11 is 1.55. The van der Waals surface area contributed by atoms with Gasteiger partial charge in [-0.15, -0.1) is 5.10 Å². The van der Waals surface area contributed by atoms with E-state index in [9.17, 15) is 0 Å². The van der Waals surface area contributed by atoms with E-state index in [0.29, 0.717) is 18.2 Å². The summed E-state index contributed by atoms with van der Waals surface area (Å²) in [6, 6.07) is 8.13. The Morgan fingerprint density at radius 3 is 2.96 bits per heavy atom. The molecule has 1 fully saturated rings. The van der Waals surface area contributed by atoms with Gasteiger partial charge in [0, 0.05) is 17.9 Å². The first-order valence-corrected chi connectivity index (χ1v) is 9.28. The Morgan fingerprint density at radius 1 is 1.28 bits per heavy atom. The predicted octanol–water partition coefficient (Wildman–Crippen LogP) is 3.11. The molecule has 0 saturated carbocycles. The van der Waals surface area contributed by atoms with Gasteiger partial charge in [-0.05, 0) is 42.3 Å². The van der Waals surface area contributed by atoms with Crippen molar-refractivity contribution in [2.75, 3.05) is 6.61 Å². The van der Waals surface area contributed by atoms with Crippen LogP contribution in [0.15, 0.2) is 40.1 Å². The van der Waals surface area contributed by atoms with Crippen molar-refractivity contribution >= 4 is 11.8 Å². The Kier molecular flexibility index (Phi) is 4.80. The number of hydrogen-bond donors (Lipinski definition) is 0. The molecule has 1 aromatic carbocycles. The molecule has 0 spiro atoms. The van der Waals surface area contributed by atoms with Gasteiger partial charge in [-0.2, -0.15) is 0 Å². The summed E-state index contributed by atoms with van der Waals surface area (Å²) in [6.45, 7) is 3.58. The molecule has 0 aliphatic carbocycles. The van der Waals surface area contributed by atoms with Crippen molar-refractivity contribution < 1.29 is 9.15 Å². The van der Waals surface area contributed by atoms with Gasteiger partial charge in [-0.3, -0.25) is 0 Å². The minimum atomic E-state index is 0.211. The number of hydrogen-bond acceptors (Lipinski definition) is 7. The van der Waals surface area contributed by atoms with E-state index in [4.69, 9.17) is 9.15 Å². The third-order valence-corrected chi connectivity index (χ3v) is 5.09. The molecule has 0 amide bonds. The first-order chi connectivity index (χ1) is 12.3. The van der Waals surface area contributed by atoms with Crippen molar-refractivity contribution in [3.63, 3.8) is 0 Å². The number of ether oxygens (including phenoxy) is 1. The molecular formula is C17H19N5O2S. The molecule has 3 heterocycles. The molecule has 0 N–H and O–H groups in total. The summed E-state index contributed by atoms with van der Waals surface area (Å²) in [5.41, 5.74) is 3.06. The van der Waals surface area contributed by atoms with Gasteiger partial charge in [0.25, 0.3) is 0 Å². The molecule has 1 unspecified atom stereocenters. The highest BCUT2D eigenvalue weighted by Crippen LogP contribution is 2.24. The topological polar surface area (TPSA) is 78.9 Å². The third-order valence-electron chi connectivity index (χ3n) is 4.10. The summed E-state index contributed by atoms with van der Waals surface area (Å²) in [5, 5.41) is 12.7. The maximum Gasteiger partial charge on any atom is 0.226 e. The van der Waals surface area contributed by atoms with E-state index >= 15 is 0 Å². The molecule has 8 heteroatoms. The maximum atomic E-state index is 5.65. The van der Waals surface area contributed by atoms with Gasteiger partial charge in [0.2, 0.25) is 11.0 Å².